The minimum absolute atomic E-state index is 0.147. The van der Waals surface area contributed by atoms with Crippen LogP contribution in [-0.4, -0.2) is 18.1 Å². The summed E-state index contributed by atoms with van der Waals surface area (Å²) in [7, 11) is 0. The molecule has 0 aromatic carbocycles. The van der Waals surface area contributed by atoms with Crippen molar-refractivity contribution in [2.24, 2.45) is 11.3 Å². The minimum atomic E-state index is -0.147. The Kier molecular flexibility index (Phi) is 4.56. The van der Waals surface area contributed by atoms with E-state index in [4.69, 9.17) is 0 Å². The van der Waals surface area contributed by atoms with Crippen LogP contribution in [0.4, 0.5) is 4.39 Å². The van der Waals surface area contributed by atoms with Crippen molar-refractivity contribution in [3.8, 4) is 0 Å². The average molecular weight is 264 g/mol. The van der Waals surface area contributed by atoms with E-state index in [1.54, 1.807) is 6.20 Å². The fourth-order valence-electron chi connectivity index (χ4n) is 3.27. The Hall–Kier alpha value is -0.960. The molecule has 0 amide bonds. The first-order valence-electron chi connectivity index (χ1n) is 7.33. The zero-order valence-corrected chi connectivity index (χ0v) is 12.2. The van der Waals surface area contributed by atoms with Gasteiger partial charge in [-0.3, -0.25) is 4.98 Å². The van der Waals surface area contributed by atoms with Crippen LogP contribution >= 0.6 is 0 Å². The third kappa shape index (κ3) is 3.53. The Labute approximate surface area is 115 Å². The van der Waals surface area contributed by atoms with E-state index in [0.29, 0.717) is 17.3 Å². The summed E-state index contributed by atoms with van der Waals surface area (Å²) in [6.45, 7) is 8.67. The predicted molar refractivity (Wildman–Crippen MR) is 76.6 cm³/mol. The molecule has 1 heterocycles. The van der Waals surface area contributed by atoms with Crippen LogP contribution in [0.3, 0.4) is 0 Å². The number of pyridine rings is 1. The SMILES string of the molecule is CCNCC1CCC(C)(C)CC1c1ccncc1F. The molecule has 0 saturated heterocycles. The van der Waals surface area contributed by atoms with Gasteiger partial charge in [0.1, 0.15) is 5.82 Å². The molecule has 1 aliphatic carbocycles. The first-order chi connectivity index (χ1) is 9.03. The van der Waals surface area contributed by atoms with Crippen molar-refractivity contribution in [3.63, 3.8) is 0 Å². The Morgan fingerprint density at radius 3 is 2.95 bits per heavy atom. The molecule has 2 unspecified atom stereocenters. The molecule has 2 nitrogen and oxygen atoms in total. The maximum atomic E-state index is 14.0. The summed E-state index contributed by atoms with van der Waals surface area (Å²) in [5.74, 6) is 0.697. The summed E-state index contributed by atoms with van der Waals surface area (Å²) in [6.07, 6.45) is 6.52. The summed E-state index contributed by atoms with van der Waals surface area (Å²) >= 11 is 0. The van der Waals surface area contributed by atoms with Gasteiger partial charge in [0.15, 0.2) is 0 Å². The topological polar surface area (TPSA) is 24.9 Å². The molecule has 0 spiro atoms. The zero-order chi connectivity index (χ0) is 13.9. The molecule has 2 atom stereocenters. The lowest BCUT2D eigenvalue weighted by Gasteiger charge is -2.41. The minimum Gasteiger partial charge on any atom is -0.317 e. The van der Waals surface area contributed by atoms with Crippen LogP contribution in [0, 0.1) is 17.2 Å². The molecule has 3 heteroatoms. The van der Waals surface area contributed by atoms with Crippen LogP contribution in [0.5, 0.6) is 0 Å². The fraction of sp³-hybridized carbons (Fsp3) is 0.688. The number of hydrogen-bond acceptors (Lipinski definition) is 2. The van der Waals surface area contributed by atoms with Crippen molar-refractivity contribution in [2.75, 3.05) is 13.1 Å². The van der Waals surface area contributed by atoms with Gasteiger partial charge >= 0.3 is 0 Å². The van der Waals surface area contributed by atoms with Crippen LogP contribution in [0.15, 0.2) is 18.5 Å². The van der Waals surface area contributed by atoms with Crippen molar-refractivity contribution in [1.82, 2.24) is 10.3 Å². The van der Waals surface area contributed by atoms with Crippen molar-refractivity contribution in [2.45, 2.75) is 46.0 Å². The lowest BCUT2D eigenvalue weighted by atomic mass is 9.65. The van der Waals surface area contributed by atoms with Gasteiger partial charge in [0.05, 0.1) is 6.20 Å². The molecule has 2 rings (SSSR count). The maximum Gasteiger partial charge on any atom is 0.144 e. The summed E-state index contributed by atoms with van der Waals surface area (Å²) in [4.78, 5) is 3.87. The van der Waals surface area contributed by atoms with Crippen LogP contribution in [0.25, 0.3) is 0 Å². The maximum absolute atomic E-state index is 14.0. The molecule has 1 fully saturated rings. The third-order valence-electron chi connectivity index (χ3n) is 4.39. The highest BCUT2D eigenvalue weighted by atomic mass is 19.1. The van der Waals surface area contributed by atoms with Gasteiger partial charge in [0.25, 0.3) is 0 Å². The van der Waals surface area contributed by atoms with Crippen molar-refractivity contribution < 1.29 is 4.39 Å². The number of halogens is 1. The number of nitrogens with one attached hydrogen (secondary N) is 1. The van der Waals surface area contributed by atoms with Gasteiger partial charge in [-0.2, -0.15) is 0 Å². The summed E-state index contributed by atoms with van der Waals surface area (Å²) in [6, 6.07) is 1.86. The number of hydrogen-bond donors (Lipinski definition) is 1. The van der Waals surface area contributed by atoms with E-state index in [1.807, 2.05) is 6.07 Å². The highest BCUT2D eigenvalue weighted by molar-refractivity contribution is 5.20. The second-order valence-corrected chi connectivity index (χ2v) is 6.48. The zero-order valence-electron chi connectivity index (χ0n) is 12.2. The summed E-state index contributed by atoms with van der Waals surface area (Å²) < 4.78 is 14.0. The van der Waals surface area contributed by atoms with Gasteiger partial charge in [-0.1, -0.05) is 20.8 Å². The molecule has 1 N–H and O–H groups in total. The Morgan fingerprint density at radius 2 is 2.26 bits per heavy atom. The second-order valence-electron chi connectivity index (χ2n) is 6.48. The molecule has 106 valence electrons. The standard InChI is InChI=1S/C16H25FN2/c1-4-18-10-12-5-7-16(2,3)9-14(12)13-6-8-19-11-15(13)17/h6,8,11-12,14,18H,4-5,7,9-10H2,1-3H3. The average Bonchev–Trinajstić information content (AvgIpc) is 2.37. The molecule has 0 bridgehead atoms. The summed E-state index contributed by atoms with van der Waals surface area (Å²) in [5, 5.41) is 3.43. The lowest BCUT2D eigenvalue weighted by Crippen LogP contribution is -2.35. The van der Waals surface area contributed by atoms with Crippen LogP contribution in [0.1, 0.15) is 51.5 Å². The van der Waals surface area contributed by atoms with Gasteiger partial charge in [-0.25, -0.2) is 4.39 Å². The largest absolute Gasteiger partial charge is 0.317 e. The first kappa shape index (κ1) is 14.4. The van der Waals surface area contributed by atoms with E-state index in [1.165, 1.54) is 19.0 Å². The van der Waals surface area contributed by atoms with E-state index in [0.717, 1.165) is 25.1 Å². The number of rotatable bonds is 4. The van der Waals surface area contributed by atoms with Crippen LogP contribution < -0.4 is 5.32 Å². The molecule has 0 aliphatic heterocycles. The number of nitrogens with zero attached hydrogens (tertiary/aromatic N) is 1. The number of aromatic nitrogens is 1. The third-order valence-corrected chi connectivity index (χ3v) is 4.39. The molecule has 1 saturated carbocycles. The molecule has 1 aromatic rings. The van der Waals surface area contributed by atoms with Crippen LogP contribution in [0.2, 0.25) is 0 Å². The van der Waals surface area contributed by atoms with Crippen molar-refractivity contribution in [1.29, 1.82) is 0 Å². The Balaban J connectivity index is 2.22. The molecular formula is C16H25FN2. The van der Waals surface area contributed by atoms with Gasteiger partial charge in [0.2, 0.25) is 0 Å². The van der Waals surface area contributed by atoms with E-state index >= 15 is 0 Å². The fourth-order valence-corrected chi connectivity index (χ4v) is 3.27. The molecule has 1 aromatic heterocycles. The van der Waals surface area contributed by atoms with Crippen molar-refractivity contribution in [3.05, 3.63) is 29.8 Å². The summed E-state index contributed by atoms with van der Waals surface area (Å²) in [5.41, 5.74) is 1.16. The van der Waals surface area contributed by atoms with Crippen molar-refractivity contribution >= 4 is 0 Å². The van der Waals surface area contributed by atoms with E-state index in [2.05, 4.69) is 31.1 Å². The van der Waals surface area contributed by atoms with E-state index < -0.39 is 0 Å². The van der Waals surface area contributed by atoms with Gasteiger partial charge in [0, 0.05) is 6.20 Å². The van der Waals surface area contributed by atoms with Gasteiger partial charge in [-0.15, -0.1) is 0 Å². The Morgan fingerprint density at radius 1 is 1.47 bits per heavy atom. The van der Waals surface area contributed by atoms with Gasteiger partial charge in [-0.05, 0) is 61.2 Å². The van der Waals surface area contributed by atoms with Gasteiger partial charge < -0.3 is 5.32 Å². The quantitative estimate of drug-likeness (QED) is 0.896. The highest BCUT2D eigenvalue weighted by Gasteiger charge is 2.36. The lowest BCUT2D eigenvalue weighted by molar-refractivity contribution is 0.158. The van der Waals surface area contributed by atoms with Crippen LogP contribution in [-0.2, 0) is 0 Å². The first-order valence-corrected chi connectivity index (χ1v) is 7.33. The second kappa shape index (κ2) is 6.00. The molecule has 19 heavy (non-hydrogen) atoms. The van der Waals surface area contributed by atoms with E-state index in [-0.39, 0.29) is 5.82 Å². The predicted octanol–water partition coefficient (Wildman–Crippen LogP) is 3.74. The monoisotopic (exact) mass is 264 g/mol. The smallest absolute Gasteiger partial charge is 0.144 e. The highest BCUT2D eigenvalue weighted by Crippen LogP contribution is 2.46. The molecule has 0 radical (unpaired) electrons. The Bertz CT molecular complexity index is 417. The molecule has 1 aliphatic rings. The van der Waals surface area contributed by atoms with E-state index in [9.17, 15) is 4.39 Å². The molecular weight excluding hydrogens is 239 g/mol. The normalized spacial score (nSPS) is 26.3.